The van der Waals surface area contributed by atoms with Gasteiger partial charge in [-0.2, -0.15) is 13.2 Å². The van der Waals surface area contributed by atoms with Gasteiger partial charge in [-0.3, -0.25) is 4.79 Å². The Morgan fingerprint density at radius 2 is 1.82 bits per heavy atom. The minimum absolute atomic E-state index is 0.183. The van der Waals surface area contributed by atoms with Crippen LogP contribution in [0.2, 0.25) is 0 Å². The van der Waals surface area contributed by atoms with Crippen molar-refractivity contribution < 1.29 is 36.9 Å². The smallest absolute Gasteiger partial charge is 0.393 e. The molecule has 4 rings (SSSR count). The first-order valence-corrected chi connectivity index (χ1v) is 11.0. The molecule has 2 saturated heterocycles. The van der Waals surface area contributed by atoms with E-state index >= 15 is 0 Å². The molecule has 2 aliphatic heterocycles. The molecule has 2 aromatic carbocycles. The molecule has 1 N–H and O–H groups in total. The highest BCUT2D eigenvalue weighted by Gasteiger charge is 2.47. The quantitative estimate of drug-likeness (QED) is 0.576. The van der Waals surface area contributed by atoms with Crippen LogP contribution in [0, 0.1) is 11.7 Å². The van der Waals surface area contributed by atoms with Crippen molar-refractivity contribution in [1.29, 1.82) is 0 Å². The highest BCUT2D eigenvalue weighted by Crippen LogP contribution is 2.40. The van der Waals surface area contributed by atoms with E-state index < -0.39 is 24.1 Å². The van der Waals surface area contributed by atoms with E-state index in [9.17, 15) is 22.4 Å². The molecule has 1 unspecified atom stereocenters. The predicted octanol–water partition coefficient (Wildman–Crippen LogP) is 4.72. The van der Waals surface area contributed by atoms with E-state index in [4.69, 9.17) is 14.6 Å². The molecule has 3 atom stereocenters. The summed E-state index contributed by atoms with van der Waals surface area (Å²) in [5, 5.41) is 9.12. The molecule has 34 heavy (non-hydrogen) atoms. The molecule has 184 valence electrons. The summed E-state index contributed by atoms with van der Waals surface area (Å²) < 4.78 is 65.2. The first kappa shape index (κ1) is 24.0. The van der Waals surface area contributed by atoms with E-state index in [0.29, 0.717) is 42.4 Å². The van der Waals surface area contributed by atoms with Gasteiger partial charge in [-0.15, -0.1) is 0 Å². The van der Waals surface area contributed by atoms with Crippen molar-refractivity contribution in [2.24, 2.45) is 5.92 Å². The molecule has 0 amide bonds. The van der Waals surface area contributed by atoms with Crippen LogP contribution in [-0.2, 0) is 4.79 Å². The highest BCUT2D eigenvalue weighted by molar-refractivity contribution is 5.69. The highest BCUT2D eigenvalue weighted by atomic mass is 19.4. The number of anilines is 2. The molecular formula is C24H26F4N2O4. The number of carbonyl (C=O) groups is 1. The maximum Gasteiger partial charge on any atom is 0.393 e. The fourth-order valence-corrected chi connectivity index (χ4v) is 4.68. The van der Waals surface area contributed by atoms with E-state index in [1.54, 1.807) is 36.4 Å². The minimum atomic E-state index is -4.37. The zero-order valence-electron chi connectivity index (χ0n) is 18.6. The van der Waals surface area contributed by atoms with Crippen molar-refractivity contribution in [3.63, 3.8) is 0 Å². The summed E-state index contributed by atoms with van der Waals surface area (Å²) in [5.41, 5.74) is 0.968. The van der Waals surface area contributed by atoms with Crippen molar-refractivity contribution in [2.45, 2.75) is 37.6 Å². The fraction of sp³-hybridized carbons (Fsp3) is 0.458. The van der Waals surface area contributed by atoms with Gasteiger partial charge in [0.15, 0.2) is 0 Å². The lowest BCUT2D eigenvalue weighted by atomic mass is 10.0. The number of halogens is 4. The SMILES string of the molecule is COc1ccc(F)c(N2CCC(Oc3ccc(N4C[C@H](C(F)(F)F)C[C@@H]4CC(=O)O)cc3)C2)c1. The maximum absolute atomic E-state index is 14.3. The second kappa shape index (κ2) is 9.60. The van der Waals surface area contributed by atoms with E-state index in [1.165, 1.54) is 18.1 Å². The van der Waals surface area contributed by atoms with Gasteiger partial charge in [0.05, 0.1) is 31.7 Å². The second-order valence-corrected chi connectivity index (χ2v) is 8.66. The standard InChI is InChI=1S/C24H26F4N2O4/c1-33-19-6-7-21(25)22(12-19)29-9-8-20(14-29)34-18-4-2-16(3-5-18)30-13-15(24(26,27)28)10-17(30)11-23(31)32/h2-7,12,15,17,20H,8-11,13-14H2,1H3,(H,31,32)/t15-,17-,20?/m1/s1. The number of ether oxygens (including phenoxy) is 2. The lowest BCUT2D eigenvalue weighted by molar-refractivity contribution is -0.169. The van der Waals surface area contributed by atoms with Gasteiger partial charge in [-0.05, 0) is 42.8 Å². The topological polar surface area (TPSA) is 62.2 Å². The number of rotatable bonds is 7. The summed E-state index contributed by atoms with van der Waals surface area (Å²) in [6.07, 6.45) is -4.47. The third kappa shape index (κ3) is 5.31. The number of benzene rings is 2. The summed E-state index contributed by atoms with van der Waals surface area (Å²) in [6.45, 7) is 0.813. The zero-order chi connectivity index (χ0) is 24.5. The zero-order valence-corrected chi connectivity index (χ0v) is 18.6. The van der Waals surface area contributed by atoms with Crippen LogP contribution in [0.4, 0.5) is 28.9 Å². The van der Waals surface area contributed by atoms with Crippen LogP contribution in [0.15, 0.2) is 42.5 Å². The third-order valence-electron chi connectivity index (χ3n) is 6.40. The summed E-state index contributed by atoms with van der Waals surface area (Å²) in [4.78, 5) is 14.6. The molecule has 0 saturated carbocycles. The molecule has 2 fully saturated rings. The molecule has 0 aromatic heterocycles. The van der Waals surface area contributed by atoms with Crippen molar-refractivity contribution >= 4 is 17.3 Å². The van der Waals surface area contributed by atoms with Crippen LogP contribution in [0.3, 0.4) is 0 Å². The van der Waals surface area contributed by atoms with Gasteiger partial charge in [-0.1, -0.05) is 0 Å². The van der Waals surface area contributed by atoms with Gasteiger partial charge < -0.3 is 24.4 Å². The molecule has 2 aliphatic rings. The van der Waals surface area contributed by atoms with Gasteiger partial charge in [-0.25, -0.2) is 4.39 Å². The van der Waals surface area contributed by atoms with Crippen LogP contribution in [0.5, 0.6) is 11.5 Å². The fourth-order valence-electron chi connectivity index (χ4n) is 4.68. The summed E-state index contributed by atoms with van der Waals surface area (Å²) in [6, 6.07) is 10.5. The Kier molecular flexibility index (Phi) is 6.77. The Balaban J connectivity index is 1.40. The molecule has 0 radical (unpaired) electrons. The number of nitrogens with zero attached hydrogens (tertiary/aromatic N) is 2. The van der Waals surface area contributed by atoms with Crippen LogP contribution >= 0.6 is 0 Å². The van der Waals surface area contributed by atoms with E-state index in [0.717, 1.165) is 0 Å². The Bertz CT molecular complexity index is 1020. The van der Waals surface area contributed by atoms with Crippen molar-refractivity contribution in [1.82, 2.24) is 0 Å². The number of aliphatic carboxylic acids is 1. The molecular weight excluding hydrogens is 456 g/mol. The number of hydrogen-bond donors (Lipinski definition) is 1. The third-order valence-corrected chi connectivity index (χ3v) is 6.40. The van der Waals surface area contributed by atoms with Crippen LogP contribution < -0.4 is 19.3 Å². The Morgan fingerprint density at radius 3 is 2.47 bits per heavy atom. The van der Waals surface area contributed by atoms with Gasteiger partial charge in [0.1, 0.15) is 23.4 Å². The van der Waals surface area contributed by atoms with Gasteiger partial charge in [0, 0.05) is 37.3 Å². The van der Waals surface area contributed by atoms with Gasteiger partial charge in [0.25, 0.3) is 0 Å². The average Bonchev–Trinajstić information content (AvgIpc) is 3.41. The molecule has 2 heterocycles. The number of alkyl halides is 3. The van der Waals surface area contributed by atoms with Gasteiger partial charge in [0.2, 0.25) is 0 Å². The molecule has 6 nitrogen and oxygen atoms in total. The number of carboxylic acids is 1. The minimum Gasteiger partial charge on any atom is -0.497 e. The van der Waals surface area contributed by atoms with Crippen molar-refractivity contribution in [2.75, 3.05) is 36.5 Å². The van der Waals surface area contributed by atoms with E-state index in [2.05, 4.69) is 0 Å². The molecule has 0 aliphatic carbocycles. The normalized spacial score (nSPS) is 22.8. The van der Waals surface area contributed by atoms with Crippen LogP contribution in [0.25, 0.3) is 0 Å². The predicted molar refractivity (Wildman–Crippen MR) is 118 cm³/mol. The Hall–Kier alpha value is -3.17. The summed E-state index contributed by atoms with van der Waals surface area (Å²) in [5.74, 6) is -1.93. The first-order chi connectivity index (χ1) is 16.1. The van der Waals surface area contributed by atoms with Gasteiger partial charge >= 0.3 is 12.1 Å². The molecule has 2 aromatic rings. The second-order valence-electron chi connectivity index (χ2n) is 8.66. The molecule has 0 bridgehead atoms. The van der Waals surface area contributed by atoms with E-state index in [-0.39, 0.29) is 31.3 Å². The average molecular weight is 482 g/mol. The van der Waals surface area contributed by atoms with Crippen molar-refractivity contribution in [3.8, 4) is 11.5 Å². The number of hydrogen-bond acceptors (Lipinski definition) is 5. The largest absolute Gasteiger partial charge is 0.497 e. The lowest BCUT2D eigenvalue weighted by Gasteiger charge is -2.26. The van der Waals surface area contributed by atoms with Crippen LogP contribution in [0.1, 0.15) is 19.3 Å². The lowest BCUT2D eigenvalue weighted by Crippen LogP contribution is -2.32. The monoisotopic (exact) mass is 482 g/mol. The van der Waals surface area contributed by atoms with Crippen LogP contribution in [-0.4, -0.2) is 56.1 Å². The Labute approximate surface area is 194 Å². The summed E-state index contributed by atoms with van der Waals surface area (Å²) in [7, 11) is 1.52. The number of methoxy groups -OCH3 is 1. The maximum atomic E-state index is 14.3. The Morgan fingerprint density at radius 1 is 1.12 bits per heavy atom. The molecule has 10 heteroatoms. The first-order valence-electron chi connectivity index (χ1n) is 11.0. The van der Waals surface area contributed by atoms with E-state index in [1.807, 2.05) is 4.90 Å². The molecule has 0 spiro atoms. The van der Waals surface area contributed by atoms with Crippen molar-refractivity contribution in [3.05, 3.63) is 48.3 Å². The summed E-state index contributed by atoms with van der Waals surface area (Å²) >= 11 is 0. The number of carboxylic acid groups (broad SMARTS) is 1.